The van der Waals surface area contributed by atoms with E-state index in [1.54, 1.807) is 25.1 Å². The highest BCUT2D eigenvalue weighted by Crippen LogP contribution is 2.38. The summed E-state index contributed by atoms with van der Waals surface area (Å²) in [5.41, 5.74) is 0.544. The van der Waals surface area contributed by atoms with E-state index in [1.165, 1.54) is 69.7 Å². The van der Waals surface area contributed by atoms with Crippen LogP contribution in [0.1, 0.15) is 26.3 Å². The fourth-order valence-corrected chi connectivity index (χ4v) is 6.38. The molecular weight excluding hydrogens is 657 g/mol. The number of ether oxygens (including phenoxy) is 4. The highest BCUT2D eigenvalue weighted by molar-refractivity contribution is 7.92. The Bertz CT molecular complexity index is 1650. The molecule has 11 nitrogen and oxygen atoms in total. The number of benzene rings is 3. The van der Waals surface area contributed by atoms with Crippen molar-refractivity contribution in [2.45, 2.75) is 38.3 Å². The van der Waals surface area contributed by atoms with Crippen LogP contribution in [0.2, 0.25) is 10.0 Å². The highest BCUT2D eigenvalue weighted by atomic mass is 35.5. The summed E-state index contributed by atoms with van der Waals surface area (Å²) in [6, 6.07) is 12.4. The van der Waals surface area contributed by atoms with Gasteiger partial charge in [0.1, 0.15) is 24.1 Å². The van der Waals surface area contributed by atoms with Crippen LogP contribution in [-0.2, 0) is 26.2 Å². The van der Waals surface area contributed by atoms with Crippen molar-refractivity contribution in [3.63, 3.8) is 0 Å². The SMILES string of the molecule is COc1ccc(OC)c(N(CC(=O)N(Cc2ccc(Cl)cc2Cl)[C@H](C)C(=O)NCC(C)C)S(=O)(=O)c2ccc(OC)c(OC)c2)c1. The molecule has 1 N–H and O–H groups in total. The third-order valence-electron chi connectivity index (χ3n) is 7.08. The van der Waals surface area contributed by atoms with Crippen molar-refractivity contribution in [2.75, 3.05) is 45.8 Å². The lowest BCUT2D eigenvalue weighted by Gasteiger charge is -2.32. The maximum absolute atomic E-state index is 14.4. The second-order valence-electron chi connectivity index (χ2n) is 10.6. The molecule has 0 bridgehead atoms. The molecule has 1 atom stereocenters. The van der Waals surface area contributed by atoms with Crippen molar-refractivity contribution in [3.05, 3.63) is 70.2 Å². The molecule has 0 unspecified atom stereocenters. The summed E-state index contributed by atoms with van der Waals surface area (Å²) in [4.78, 5) is 28.7. The summed E-state index contributed by atoms with van der Waals surface area (Å²) in [7, 11) is 1.14. The fraction of sp³-hybridized carbons (Fsp3) is 0.375. The first-order valence-corrected chi connectivity index (χ1v) is 16.4. The molecule has 0 aromatic heterocycles. The minimum absolute atomic E-state index is 0.0337. The molecule has 3 rings (SSSR count). The third-order valence-corrected chi connectivity index (χ3v) is 9.43. The number of hydrogen-bond acceptors (Lipinski definition) is 8. The number of anilines is 1. The van der Waals surface area contributed by atoms with Gasteiger partial charge in [0, 0.05) is 35.3 Å². The maximum atomic E-state index is 14.4. The van der Waals surface area contributed by atoms with E-state index >= 15 is 0 Å². The Balaban J connectivity index is 2.18. The standard InChI is InChI=1S/C32H39Cl2N3O8S/c1-20(2)17-35-32(39)21(3)36(18-22-8-9-23(33)14-26(22)34)31(38)19-37(27-15-24(42-4)10-12-28(27)43-5)46(40,41)25-11-13-29(44-6)30(16-25)45-7/h8-16,20-21H,17-19H2,1-7H3,(H,35,39)/t21-/m1/s1. The molecule has 3 aromatic rings. The molecule has 46 heavy (non-hydrogen) atoms. The molecule has 0 aliphatic rings. The fourth-order valence-electron chi connectivity index (χ4n) is 4.48. The molecule has 3 aromatic carbocycles. The molecule has 14 heteroatoms. The zero-order chi connectivity index (χ0) is 34.2. The number of carbonyl (C=O) groups is 2. The molecule has 0 heterocycles. The summed E-state index contributed by atoms with van der Waals surface area (Å²) in [6.07, 6.45) is 0. The number of sulfonamides is 1. The van der Waals surface area contributed by atoms with Crippen LogP contribution in [0, 0.1) is 5.92 Å². The van der Waals surface area contributed by atoms with Gasteiger partial charge in [-0.25, -0.2) is 8.42 Å². The Morgan fingerprint density at radius 1 is 0.826 bits per heavy atom. The summed E-state index contributed by atoms with van der Waals surface area (Å²) >= 11 is 12.6. The number of methoxy groups -OCH3 is 4. The van der Waals surface area contributed by atoms with Gasteiger partial charge in [-0.3, -0.25) is 13.9 Å². The van der Waals surface area contributed by atoms with E-state index in [1.807, 2.05) is 13.8 Å². The van der Waals surface area contributed by atoms with Crippen molar-refractivity contribution < 1.29 is 37.0 Å². The van der Waals surface area contributed by atoms with E-state index in [-0.39, 0.29) is 39.6 Å². The van der Waals surface area contributed by atoms with Crippen LogP contribution >= 0.6 is 23.2 Å². The van der Waals surface area contributed by atoms with Gasteiger partial charge < -0.3 is 29.2 Å². The van der Waals surface area contributed by atoms with E-state index < -0.39 is 34.4 Å². The molecule has 0 saturated carbocycles. The number of amides is 2. The minimum atomic E-state index is -4.48. The molecule has 0 saturated heterocycles. The van der Waals surface area contributed by atoms with Crippen molar-refractivity contribution in [3.8, 4) is 23.0 Å². The van der Waals surface area contributed by atoms with Gasteiger partial charge >= 0.3 is 0 Å². The van der Waals surface area contributed by atoms with Gasteiger partial charge in [0.05, 0.1) is 39.0 Å². The van der Waals surface area contributed by atoms with E-state index in [9.17, 15) is 18.0 Å². The summed E-state index contributed by atoms with van der Waals surface area (Å²) in [5.74, 6) is 0.0214. The van der Waals surface area contributed by atoms with Crippen LogP contribution < -0.4 is 28.6 Å². The Hall–Kier alpha value is -3.87. The Kier molecular flexibility index (Phi) is 12.8. The van der Waals surface area contributed by atoms with Crippen molar-refractivity contribution in [2.24, 2.45) is 5.92 Å². The second kappa shape index (κ2) is 16.1. The molecule has 0 aliphatic heterocycles. The number of hydrogen-bond donors (Lipinski definition) is 1. The number of nitrogens with zero attached hydrogens (tertiary/aromatic N) is 2. The van der Waals surface area contributed by atoms with Crippen LogP contribution in [0.25, 0.3) is 0 Å². The molecular formula is C32H39Cl2N3O8S. The molecule has 2 amide bonds. The predicted molar refractivity (Wildman–Crippen MR) is 178 cm³/mol. The Labute approximate surface area is 280 Å². The molecule has 0 spiro atoms. The van der Waals surface area contributed by atoms with E-state index in [0.717, 1.165) is 4.31 Å². The quantitative estimate of drug-likeness (QED) is 0.224. The van der Waals surface area contributed by atoms with Gasteiger partial charge in [0.2, 0.25) is 11.8 Å². The van der Waals surface area contributed by atoms with Gasteiger partial charge in [0.25, 0.3) is 10.0 Å². The van der Waals surface area contributed by atoms with E-state index in [0.29, 0.717) is 28.6 Å². The van der Waals surface area contributed by atoms with Crippen molar-refractivity contribution in [1.29, 1.82) is 0 Å². The van der Waals surface area contributed by atoms with Gasteiger partial charge in [-0.1, -0.05) is 43.1 Å². The van der Waals surface area contributed by atoms with E-state index in [4.69, 9.17) is 42.1 Å². The summed E-state index contributed by atoms with van der Waals surface area (Å²) in [6.45, 7) is 5.02. The average molecular weight is 697 g/mol. The molecule has 0 radical (unpaired) electrons. The minimum Gasteiger partial charge on any atom is -0.497 e. The molecule has 250 valence electrons. The van der Waals surface area contributed by atoms with Gasteiger partial charge in [-0.15, -0.1) is 0 Å². The van der Waals surface area contributed by atoms with Gasteiger partial charge in [-0.2, -0.15) is 0 Å². The lowest BCUT2D eigenvalue weighted by molar-refractivity contribution is -0.139. The number of halogens is 2. The largest absolute Gasteiger partial charge is 0.497 e. The lowest BCUT2D eigenvalue weighted by Crippen LogP contribution is -2.51. The highest BCUT2D eigenvalue weighted by Gasteiger charge is 2.35. The van der Waals surface area contributed by atoms with Crippen LogP contribution in [-0.4, -0.2) is 72.7 Å². The summed E-state index contributed by atoms with van der Waals surface area (Å²) < 4.78 is 51.2. The Morgan fingerprint density at radius 2 is 1.48 bits per heavy atom. The van der Waals surface area contributed by atoms with Crippen LogP contribution in [0.15, 0.2) is 59.5 Å². The zero-order valence-electron chi connectivity index (χ0n) is 26.8. The second-order valence-corrected chi connectivity index (χ2v) is 13.3. The third kappa shape index (κ3) is 8.68. The summed E-state index contributed by atoms with van der Waals surface area (Å²) in [5, 5.41) is 3.52. The lowest BCUT2D eigenvalue weighted by atomic mass is 10.1. The Morgan fingerprint density at radius 3 is 2.07 bits per heavy atom. The van der Waals surface area contributed by atoms with Crippen LogP contribution in [0.5, 0.6) is 23.0 Å². The van der Waals surface area contributed by atoms with E-state index in [2.05, 4.69) is 5.32 Å². The first-order valence-electron chi connectivity index (χ1n) is 14.2. The maximum Gasteiger partial charge on any atom is 0.265 e. The first kappa shape index (κ1) is 36.6. The van der Waals surface area contributed by atoms with Gasteiger partial charge in [0.15, 0.2) is 11.5 Å². The van der Waals surface area contributed by atoms with Crippen molar-refractivity contribution >= 4 is 50.7 Å². The number of nitrogens with one attached hydrogen (secondary N) is 1. The van der Waals surface area contributed by atoms with Crippen LogP contribution in [0.3, 0.4) is 0 Å². The van der Waals surface area contributed by atoms with Crippen molar-refractivity contribution in [1.82, 2.24) is 10.2 Å². The first-order chi connectivity index (χ1) is 21.8. The van der Waals surface area contributed by atoms with Gasteiger partial charge in [-0.05, 0) is 54.8 Å². The molecule has 0 aliphatic carbocycles. The topological polar surface area (TPSA) is 124 Å². The average Bonchev–Trinajstić information content (AvgIpc) is 3.04. The normalized spacial score (nSPS) is 11.9. The number of carbonyl (C=O) groups excluding carboxylic acids is 2. The number of rotatable bonds is 15. The zero-order valence-corrected chi connectivity index (χ0v) is 29.1. The predicted octanol–water partition coefficient (Wildman–Crippen LogP) is 5.41. The smallest absolute Gasteiger partial charge is 0.265 e. The van der Waals surface area contributed by atoms with Crippen LogP contribution in [0.4, 0.5) is 5.69 Å². The monoisotopic (exact) mass is 695 g/mol. The molecule has 0 fully saturated rings.